The lowest BCUT2D eigenvalue weighted by atomic mass is 10.1. The molecule has 5 heterocycles. The molecule has 0 aromatic carbocycles. The third-order valence-corrected chi connectivity index (χ3v) is 8.02. The summed E-state index contributed by atoms with van der Waals surface area (Å²) in [7, 11) is 0. The van der Waals surface area contributed by atoms with Gasteiger partial charge in [-0.1, -0.05) is 19.3 Å². The summed E-state index contributed by atoms with van der Waals surface area (Å²) in [5, 5.41) is 7.20. The fraction of sp³-hybridized carbons (Fsp3) is 0.571. The Labute approximate surface area is 218 Å². The lowest BCUT2D eigenvalue weighted by Crippen LogP contribution is -2.52. The molecule has 3 aromatic rings. The Hall–Kier alpha value is -3.20. The number of fused-ring (bicyclic) bond motifs is 3. The minimum atomic E-state index is -0.0330. The van der Waals surface area contributed by atoms with Gasteiger partial charge in [0.1, 0.15) is 17.2 Å². The molecule has 196 valence electrons. The van der Waals surface area contributed by atoms with Crippen LogP contribution in [0.2, 0.25) is 0 Å². The van der Waals surface area contributed by atoms with E-state index in [9.17, 15) is 4.79 Å². The average molecular weight is 503 g/mol. The van der Waals surface area contributed by atoms with Crippen molar-refractivity contribution in [2.45, 2.75) is 64.5 Å². The lowest BCUT2D eigenvalue weighted by Gasteiger charge is -2.41. The molecule has 37 heavy (non-hydrogen) atoms. The van der Waals surface area contributed by atoms with Crippen LogP contribution in [0.4, 0.5) is 17.5 Å². The highest BCUT2D eigenvalue weighted by Crippen LogP contribution is 2.31. The molecule has 1 aliphatic carbocycles. The Kier molecular flexibility index (Phi) is 6.95. The number of hydrogen-bond donors (Lipinski definition) is 2. The quantitative estimate of drug-likeness (QED) is 0.541. The second kappa shape index (κ2) is 10.7. The van der Waals surface area contributed by atoms with E-state index in [1.54, 1.807) is 6.20 Å². The van der Waals surface area contributed by atoms with Gasteiger partial charge in [-0.15, -0.1) is 0 Å². The number of rotatable bonds is 5. The van der Waals surface area contributed by atoms with Crippen LogP contribution in [-0.2, 0) is 6.54 Å². The molecule has 2 aliphatic heterocycles. The van der Waals surface area contributed by atoms with Gasteiger partial charge < -0.3 is 20.1 Å². The van der Waals surface area contributed by atoms with E-state index in [2.05, 4.69) is 43.4 Å². The topological polar surface area (TPSA) is 91.2 Å². The van der Waals surface area contributed by atoms with Crippen molar-refractivity contribution in [2.75, 3.05) is 42.9 Å². The van der Waals surface area contributed by atoms with E-state index in [-0.39, 0.29) is 5.91 Å². The number of nitrogens with zero attached hydrogens (tertiary/aromatic N) is 6. The van der Waals surface area contributed by atoms with Crippen molar-refractivity contribution in [1.29, 1.82) is 0 Å². The van der Waals surface area contributed by atoms with Crippen LogP contribution in [0.5, 0.6) is 0 Å². The molecule has 2 fully saturated rings. The normalized spacial score (nSPS) is 21.8. The summed E-state index contributed by atoms with van der Waals surface area (Å²) < 4.78 is 2.05. The number of aromatic nitrogens is 4. The lowest BCUT2D eigenvalue weighted by molar-refractivity contribution is 0.0944. The zero-order valence-corrected chi connectivity index (χ0v) is 21.8. The second-order valence-corrected chi connectivity index (χ2v) is 10.9. The number of carbonyl (C=O) groups excluding carboxylic acids is 1. The average Bonchev–Trinajstić information content (AvgIpc) is 3.66. The molecule has 2 N–H and O–H groups in total. The van der Waals surface area contributed by atoms with Crippen molar-refractivity contribution in [3.8, 4) is 0 Å². The molecule has 1 saturated carbocycles. The van der Waals surface area contributed by atoms with Crippen molar-refractivity contribution >= 4 is 34.4 Å². The van der Waals surface area contributed by atoms with Crippen molar-refractivity contribution in [3.05, 3.63) is 36.3 Å². The smallest absolute Gasteiger partial charge is 0.267 e. The Bertz CT molecular complexity index is 1230. The van der Waals surface area contributed by atoms with Crippen LogP contribution < -0.4 is 15.5 Å². The maximum atomic E-state index is 12.8. The van der Waals surface area contributed by atoms with Crippen molar-refractivity contribution in [3.63, 3.8) is 0 Å². The number of nitrogens with one attached hydrogen (secondary N) is 2. The molecule has 0 spiro atoms. The molecule has 1 unspecified atom stereocenters. The van der Waals surface area contributed by atoms with Gasteiger partial charge in [0.15, 0.2) is 0 Å². The Morgan fingerprint density at radius 3 is 2.70 bits per heavy atom. The molecule has 3 aliphatic rings. The molecule has 3 aromatic heterocycles. The Balaban J connectivity index is 1.15. The molecule has 9 nitrogen and oxygen atoms in total. The highest BCUT2D eigenvalue weighted by Gasteiger charge is 2.30. The third kappa shape index (κ3) is 5.56. The number of amides is 1. The highest BCUT2D eigenvalue weighted by atomic mass is 16.1. The van der Waals surface area contributed by atoms with Crippen LogP contribution in [-0.4, -0.2) is 69.1 Å². The number of pyridine rings is 1. The molecular weight excluding hydrogens is 464 g/mol. The van der Waals surface area contributed by atoms with E-state index in [1.807, 2.05) is 22.9 Å². The number of carbonyl (C=O) groups is 1. The number of hydrogen-bond acceptors (Lipinski definition) is 7. The van der Waals surface area contributed by atoms with Crippen molar-refractivity contribution in [2.24, 2.45) is 5.92 Å². The maximum absolute atomic E-state index is 12.8. The predicted molar refractivity (Wildman–Crippen MR) is 146 cm³/mol. The fourth-order valence-electron chi connectivity index (χ4n) is 5.63. The predicted octanol–water partition coefficient (Wildman–Crippen LogP) is 4.18. The summed E-state index contributed by atoms with van der Waals surface area (Å²) in [5.41, 5.74) is 2.61. The van der Waals surface area contributed by atoms with Crippen LogP contribution in [0, 0.1) is 5.92 Å². The van der Waals surface area contributed by atoms with Gasteiger partial charge in [0.05, 0.1) is 11.9 Å². The van der Waals surface area contributed by atoms with Crippen LogP contribution in [0.1, 0.15) is 62.4 Å². The van der Waals surface area contributed by atoms with Gasteiger partial charge in [0, 0.05) is 56.9 Å². The first-order chi connectivity index (χ1) is 18.1. The first-order valence-electron chi connectivity index (χ1n) is 14.0. The number of piperazine rings is 1. The van der Waals surface area contributed by atoms with Crippen molar-refractivity contribution in [1.82, 2.24) is 29.7 Å². The summed E-state index contributed by atoms with van der Waals surface area (Å²) >= 11 is 0. The number of anilines is 3. The summed E-state index contributed by atoms with van der Waals surface area (Å²) in [6.45, 7) is 8.29. The van der Waals surface area contributed by atoms with Crippen molar-refractivity contribution < 1.29 is 4.79 Å². The standard InChI is InChI=1S/C28H38N8O/c1-20-18-35(14-13-34(20)19-21-7-8-21)23-9-10-25(30-17-23)32-28-31-16-22-15-24-27(37)29-11-5-3-2-4-6-12-36(24)26(22)33-28/h9-10,15-17,20-21H,2-8,11-14,18-19H2,1H3,(H,29,37)(H,30,31,32,33). The van der Waals surface area contributed by atoms with Gasteiger partial charge in [-0.2, -0.15) is 4.98 Å². The van der Waals surface area contributed by atoms with Crippen LogP contribution in [0.3, 0.4) is 0 Å². The highest BCUT2D eigenvalue weighted by molar-refractivity contribution is 5.98. The van der Waals surface area contributed by atoms with Gasteiger partial charge in [-0.3, -0.25) is 9.69 Å². The van der Waals surface area contributed by atoms with E-state index in [4.69, 9.17) is 4.98 Å². The molecule has 9 heteroatoms. The van der Waals surface area contributed by atoms with Gasteiger partial charge in [0.25, 0.3) is 5.91 Å². The Morgan fingerprint density at radius 1 is 1.03 bits per heavy atom. The zero-order chi connectivity index (χ0) is 25.2. The first kappa shape index (κ1) is 24.2. The third-order valence-electron chi connectivity index (χ3n) is 8.02. The van der Waals surface area contributed by atoms with Crippen LogP contribution in [0.15, 0.2) is 30.6 Å². The van der Waals surface area contributed by atoms with Gasteiger partial charge >= 0.3 is 0 Å². The first-order valence-corrected chi connectivity index (χ1v) is 14.0. The molecular formula is C28H38N8O. The van der Waals surface area contributed by atoms with Gasteiger partial charge in [-0.05, 0) is 56.7 Å². The SMILES string of the molecule is CC1CN(c2ccc(Nc3ncc4cc5n(c4n3)CCCCCCCNC5=O)nc2)CCN1CC1CC1. The van der Waals surface area contributed by atoms with Gasteiger partial charge in [0.2, 0.25) is 5.95 Å². The molecule has 1 atom stereocenters. The van der Waals surface area contributed by atoms with Crippen LogP contribution in [0.25, 0.3) is 11.0 Å². The minimum Gasteiger partial charge on any atom is -0.367 e. The van der Waals surface area contributed by atoms with E-state index < -0.39 is 0 Å². The minimum absolute atomic E-state index is 0.0330. The van der Waals surface area contributed by atoms with E-state index in [0.717, 1.165) is 81.0 Å². The van der Waals surface area contributed by atoms with Crippen LogP contribution >= 0.6 is 0 Å². The van der Waals surface area contributed by atoms with E-state index in [0.29, 0.717) is 23.5 Å². The Morgan fingerprint density at radius 2 is 1.89 bits per heavy atom. The summed E-state index contributed by atoms with van der Waals surface area (Å²) in [6.07, 6.45) is 12.1. The van der Waals surface area contributed by atoms with Gasteiger partial charge in [-0.25, -0.2) is 9.97 Å². The molecule has 1 saturated heterocycles. The second-order valence-electron chi connectivity index (χ2n) is 10.9. The molecule has 0 bridgehead atoms. The summed E-state index contributed by atoms with van der Waals surface area (Å²) in [4.78, 5) is 31.9. The molecule has 1 amide bonds. The monoisotopic (exact) mass is 502 g/mol. The zero-order valence-electron chi connectivity index (χ0n) is 21.8. The van der Waals surface area contributed by atoms with E-state index in [1.165, 1.54) is 25.8 Å². The van der Waals surface area contributed by atoms with E-state index >= 15 is 0 Å². The summed E-state index contributed by atoms with van der Waals surface area (Å²) in [6, 6.07) is 6.60. The maximum Gasteiger partial charge on any atom is 0.267 e. The number of aryl methyl sites for hydroxylation is 1. The molecule has 0 radical (unpaired) electrons. The fourth-order valence-corrected chi connectivity index (χ4v) is 5.63. The largest absolute Gasteiger partial charge is 0.367 e. The summed E-state index contributed by atoms with van der Waals surface area (Å²) in [5.74, 6) is 2.11. The molecule has 6 rings (SSSR count).